The van der Waals surface area contributed by atoms with Gasteiger partial charge in [-0.1, -0.05) is 13.3 Å². The third kappa shape index (κ3) is 3.03. The average Bonchev–Trinajstić information content (AvgIpc) is 2.27. The van der Waals surface area contributed by atoms with Gasteiger partial charge < -0.3 is 10.2 Å². The summed E-state index contributed by atoms with van der Waals surface area (Å²) in [7, 11) is 0. The Bertz CT molecular complexity index is 225. The zero-order valence-corrected chi connectivity index (χ0v) is 12.1. The van der Waals surface area contributed by atoms with E-state index in [1.54, 1.807) is 0 Å². The van der Waals surface area contributed by atoms with Crippen molar-refractivity contribution < 1.29 is 0 Å². The molecule has 1 aliphatic carbocycles. The molecule has 0 radical (unpaired) electrons. The highest BCUT2D eigenvalue weighted by Gasteiger charge is 2.39. The van der Waals surface area contributed by atoms with E-state index >= 15 is 0 Å². The van der Waals surface area contributed by atoms with Crippen LogP contribution in [0.5, 0.6) is 0 Å². The van der Waals surface area contributed by atoms with E-state index < -0.39 is 0 Å². The molecule has 1 aliphatic heterocycles. The molecule has 1 saturated carbocycles. The largest absolute Gasteiger partial charge is 0.311 e. The van der Waals surface area contributed by atoms with E-state index in [-0.39, 0.29) is 0 Å². The van der Waals surface area contributed by atoms with Gasteiger partial charge in [0.15, 0.2) is 0 Å². The van der Waals surface area contributed by atoms with Crippen molar-refractivity contribution >= 4 is 0 Å². The van der Waals surface area contributed by atoms with Crippen LogP contribution in [0.25, 0.3) is 0 Å². The fraction of sp³-hybridized carbons (Fsp3) is 1.00. The lowest BCUT2D eigenvalue weighted by atomic mass is 9.73. The molecule has 2 heteroatoms. The molecule has 0 aromatic heterocycles. The second-order valence-electron chi connectivity index (χ2n) is 6.50. The predicted molar refractivity (Wildman–Crippen MR) is 74.2 cm³/mol. The molecule has 0 aromatic rings. The van der Waals surface area contributed by atoms with Crippen LogP contribution in [-0.2, 0) is 0 Å². The summed E-state index contributed by atoms with van der Waals surface area (Å²) in [6.45, 7) is 12.0. The van der Waals surface area contributed by atoms with Crippen LogP contribution in [0.3, 0.4) is 0 Å². The fourth-order valence-corrected chi connectivity index (χ4v) is 3.61. The van der Waals surface area contributed by atoms with Crippen LogP contribution < -0.4 is 5.32 Å². The second kappa shape index (κ2) is 5.71. The van der Waals surface area contributed by atoms with Gasteiger partial charge in [0, 0.05) is 31.2 Å². The molecule has 0 amide bonds. The average molecular weight is 238 g/mol. The van der Waals surface area contributed by atoms with E-state index in [0.717, 1.165) is 23.9 Å². The molecule has 1 N–H and O–H groups in total. The zero-order valence-electron chi connectivity index (χ0n) is 12.1. The molecule has 1 heterocycles. The maximum absolute atomic E-state index is 3.90. The highest BCUT2D eigenvalue weighted by Crippen LogP contribution is 2.35. The van der Waals surface area contributed by atoms with Crippen molar-refractivity contribution in [3.05, 3.63) is 0 Å². The van der Waals surface area contributed by atoms with E-state index in [0.29, 0.717) is 6.04 Å². The molecule has 3 atom stereocenters. The number of piperidine rings is 1. The fourth-order valence-electron chi connectivity index (χ4n) is 3.61. The Morgan fingerprint density at radius 3 is 2.18 bits per heavy atom. The molecular weight excluding hydrogens is 208 g/mol. The third-order valence-corrected chi connectivity index (χ3v) is 4.92. The summed E-state index contributed by atoms with van der Waals surface area (Å²) in [5, 5.41) is 3.90. The van der Waals surface area contributed by atoms with Crippen LogP contribution in [-0.4, -0.2) is 36.1 Å². The van der Waals surface area contributed by atoms with Crippen LogP contribution in [0.4, 0.5) is 0 Å². The van der Waals surface area contributed by atoms with Gasteiger partial charge in [-0.15, -0.1) is 0 Å². The van der Waals surface area contributed by atoms with Gasteiger partial charge in [-0.05, 0) is 51.9 Å². The normalized spacial score (nSPS) is 36.2. The van der Waals surface area contributed by atoms with Crippen LogP contribution in [0.15, 0.2) is 0 Å². The summed E-state index contributed by atoms with van der Waals surface area (Å²) in [6.07, 6.45) is 5.59. The standard InChI is InChI=1S/C15H30N2/c1-5-12(4)16-15-13-7-6-8-14(15)10-17(9-13)11(2)3/h11-16H,5-10H2,1-4H3. The van der Waals surface area contributed by atoms with Crippen molar-refractivity contribution in [1.29, 1.82) is 0 Å². The lowest BCUT2D eigenvalue weighted by Gasteiger charge is -2.49. The van der Waals surface area contributed by atoms with E-state index in [1.807, 2.05) is 0 Å². The molecule has 2 rings (SSSR count). The summed E-state index contributed by atoms with van der Waals surface area (Å²) in [4.78, 5) is 2.70. The predicted octanol–water partition coefficient (Wildman–Crippen LogP) is 2.88. The lowest BCUT2D eigenvalue weighted by molar-refractivity contribution is 0.0256. The minimum absolute atomic E-state index is 0.689. The van der Waals surface area contributed by atoms with Crippen molar-refractivity contribution in [2.75, 3.05) is 13.1 Å². The Labute approximate surface area is 107 Å². The number of likely N-dealkylation sites (tertiary alicyclic amines) is 1. The molecule has 3 unspecified atom stereocenters. The Balaban J connectivity index is 1.99. The molecule has 2 bridgehead atoms. The van der Waals surface area contributed by atoms with E-state index in [1.165, 1.54) is 38.8 Å². The minimum atomic E-state index is 0.689. The number of nitrogens with one attached hydrogen (secondary N) is 1. The first kappa shape index (κ1) is 13.4. The first-order valence-corrected chi connectivity index (χ1v) is 7.62. The zero-order chi connectivity index (χ0) is 12.4. The van der Waals surface area contributed by atoms with Crippen molar-refractivity contribution in [3.63, 3.8) is 0 Å². The number of hydrogen-bond acceptors (Lipinski definition) is 2. The summed E-state index contributed by atoms with van der Waals surface area (Å²) in [6, 6.07) is 2.21. The van der Waals surface area contributed by atoms with Gasteiger partial charge in [0.2, 0.25) is 0 Å². The van der Waals surface area contributed by atoms with Crippen molar-refractivity contribution in [2.45, 2.75) is 71.5 Å². The first-order valence-electron chi connectivity index (χ1n) is 7.62. The first-order chi connectivity index (χ1) is 8.11. The van der Waals surface area contributed by atoms with Gasteiger partial charge in [-0.3, -0.25) is 0 Å². The number of nitrogens with zero attached hydrogens (tertiary/aromatic N) is 1. The summed E-state index contributed by atoms with van der Waals surface area (Å²) in [5.74, 6) is 1.80. The van der Waals surface area contributed by atoms with Crippen molar-refractivity contribution in [1.82, 2.24) is 10.2 Å². The maximum Gasteiger partial charge on any atom is 0.0150 e. The van der Waals surface area contributed by atoms with Crippen LogP contribution in [0.1, 0.15) is 53.4 Å². The Kier molecular flexibility index (Phi) is 4.48. The quantitative estimate of drug-likeness (QED) is 0.810. The topological polar surface area (TPSA) is 15.3 Å². The van der Waals surface area contributed by atoms with Gasteiger partial charge >= 0.3 is 0 Å². The molecule has 2 nitrogen and oxygen atoms in total. The monoisotopic (exact) mass is 238 g/mol. The van der Waals surface area contributed by atoms with Gasteiger partial charge in [0.1, 0.15) is 0 Å². The van der Waals surface area contributed by atoms with Crippen LogP contribution in [0.2, 0.25) is 0 Å². The molecule has 0 spiro atoms. The Morgan fingerprint density at radius 1 is 1.12 bits per heavy atom. The molecular formula is C15H30N2. The second-order valence-corrected chi connectivity index (χ2v) is 6.50. The summed E-state index contributed by atoms with van der Waals surface area (Å²) < 4.78 is 0. The maximum atomic E-state index is 3.90. The lowest BCUT2D eigenvalue weighted by Crippen LogP contribution is -2.59. The molecule has 2 fully saturated rings. The van der Waals surface area contributed by atoms with Gasteiger partial charge in [0.25, 0.3) is 0 Å². The van der Waals surface area contributed by atoms with Crippen molar-refractivity contribution in [3.8, 4) is 0 Å². The van der Waals surface area contributed by atoms with Crippen LogP contribution >= 0.6 is 0 Å². The van der Waals surface area contributed by atoms with E-state index in [4.69, 9.17) is 0 Å². The SMILES string of the molecule is CCC(C)NC1C2CCCC1CN(C(C)C)C2. The highest BCUT2D eigenvalue weighted by atomic mass is 15.2. The third-order valence-electron chi connectivity index (χ3n) is 4.92. The minimum Gasteiger partial charge on any atom is -0.311 e. The summed E-state index contributed by atoms with van der Waals surface area (Å²) in [5.41, 5.74) is 0. The smallest absolute Gasteiger partial charge is 0.0150 e. The Morgan fingerprint density at radius 2 is 1.71 bits per heavy atom. The molecule has 100 valence electrons. The van der Waals surface area contributed by atoms with Gasteiger partial charge in [0.05, 0.1) is 0 Å². The number of hydrogen-bond donors (Lipinski definition) is 1. The molecule has 1 saturated heterocycles. The number of rotatable bonds is 4. The van der Waals surface area contributed by atoms with E-state index in [2.05, 4.69) is 37.9 Å². The molecule has 0 aromatic carbocycles. The number of fused-ring (bicyclic) bond motifs is 2. The van der Waals surface area contributed by atoms with Crippen molar-refractivity contribution in [2.24, 2.45) is 11.8 Å². The molecule has 17 heavy (non-hydrogen) atoms. The van der Waals surface area contributed by atoms with Gasteiger partial charge in [-0.25, -0.2) is 0 Å². The molecule has 2 aliphatic rings. The highest BCUT2D eigenvalue weighted by molar-refractivity contribution is 4.96. The van der Waals surface area contributed by atoms with Crippen LogP contribution in [0, 0.1) is 11.8 Å². The summed E-state index contributed by atoms with van der Waals surface area (Å²) >= 11 is 0. The van der Waals surface area contributed by atoms with E-state index in [9.17, 15) is 0 Å². The Hall–Kier alpha value is -0.0800. The van der Waals surface area contributed by atoms with Gasteiger partial charge in [-0.2, -0.15) is 0 Å².